The lowest BCUT2D eigenvalue weighted by molar-refractivity contribution is -0.157. The molecule has 1 aliphatic carbocycles. The van der Waals surface area contributed by atoms with Gasteiger partial charge in [0.05, 0.1) is 12.5 Å². The molecule has 1 aromatic rings. The molecule has 0 aromatic heterocycles. The molecule has 0 unspecified atom stereocenters. The van der Waals surface area contributed by atoms with Crippen LogP contribution in [0, 0.1) is 11.8 Å². The second-order valence-corrected chi connectivity index (χ2v) is 6.46. The van der Waals surface area contributed by atoms with E-state index in [0.717, 1.165) is 5.56 Å². The highest BCUT2D eigenvalue weighted by molar-refractivity contribution is 5.79. The summed E-state index contributed by atoms with van der Waals surface area (Å²) in [6.45, 7) is 7.20. The zero-order valence-corrected chi connectivity index (χ0v) is 13.0. The molecule has 1 saturated carbocycles. The molecular formula is C17H22O4. The van der Waals surface area contributed by atoms with Gasteiger partial charge in [0, 0.05) is 18.8 Å². The van der Waals surface area contributed by atoms with Crippen LogP contribution in [-0.4, -0.2) is 24.1 Å². The van der Waals surface area contributed by atoms with Crippen LogP contribution in [0.2, 0.25) is 0 Å². The number of ether oxygens (including phenoxy) is 2. The van der Waals surface area contributed by atoms with E-state index < -0.39 is 5.60 Å². The van der Waals surface area contributed by atoms with Crippen LogP contribution < -0.4 is 0 Å². The van der Waals surface area contributed by atoms with E-state index in [1.165, 1.54) is 6.92 Å². The predicted octanol–water partition coefficient (Wildman–Crippen LogP) is 2.92. The summed E-state index contributed by atoms with van der Waals surface area (Å²) in [5.74, 6) is -0.692. The zero-order chi connectivity index (χ0) is 15.6. The third-order valence-corrected chi connectivity index (χ3v) is 3.51. The van der Waals surface area contributed by atoms with Crippen LogP contribution in [-0.2, 0) is 19.1 Å². The first-order valence-corrected chi connectivity index (χ1v) is 7.21. The van der Waals surface area contributed by atoms with Gasteiger partial charge in [0.15, 0.2) is 0 Å². The Morgan fingerprint density at radius 2 is 1.76 bits per heavy atom. The molecule has 0 aliphatic heterocycles. The van der Waals surface area contributed by atoms with E-state index in [-0.39, 0.29) is 36.3 Å². The molecule has 21 heavy (non-hydrogen) atoms. The lowest BCUT2D eigenvalue weighted by Crippen LogP contribution is -2.25. The molecule has 1 fully saturated rings. The normalized spacial score (nSPS) is 24.3. The summed E-state index contributed by atoms with van der Waals surface area (Å²) >= 11 is 0. The third kappa shape index (κ3) is 4.06. The van der Waals surface area contributed by atoms with Gasteiger partial charge in [-0.1, -0.05) is 30.3 Å². The highest BCUT2D eigenvalue weighted by Gasteiger charge is 2.57. The van der Waals surface area contributed by atoms with Gasteiger partial charge in [-0.25, -0.2) is 0 Å². The lowest BCUT2D eigenvalue weighted by atomic mass is 10.1. The van der Waals surface area contributed by atoms with Gasteiger partial charge in [0.2, 0.25) is 0 Å². The van der Waals surface area contributed by atoms with Crippen LogP contribution in [0.1, 0.15) is 39.2 Å². The third-order valence-electron chi connectivity index (χ3n) is 3.51. The van der Waals surface area contributed by atoms with Crippen molar-refractivity contribution in [3.63, 3.8) is 0 Å². The minimum Gasteiger partial charge on any atom is -0.466 e. The van der Waals surface area contributed by atoms with E-state index in [9.17, 15) is 9.59 Å². The number of esters is 2. The summed E-state index contributed by atoms with van der Waals surface area (Å²) in [6.07, 6.45) is 0. The fourth-order valence-corrected chi connectivity index (χ4v) is 2.62. The highest BCUT2D eigenvalue weighted by Crippen LogP contribution is 2.55. The second-order valence-electron chi connectivity index (χ2n) is 6.46. The molecule has 0 bridgehead atoms. The van der Waals surface area contributed by atoms with E-state index in [4.69, 9.17) is 9.47 Å². The molecule has 2 rings (SSSR count). The van der Waals surface area contributed by atoms with Crippen LogP contribution in [0.3, 0.4) is 0 Å². The Labute approximate surface area is 125 Å². The van der Waals surface area contributed by atoms with Crippen molar-refractivity contribution in [2.45, 2.75) is 39.2 Å². The molecule has 1 aliphatic rings. The Morgan fingerprint density at radius 3 is 2.29 bits per heavy atom. The van der Waals surface area contributed by atoms with Crippen molar-refractivity contribution in [3.05, 3.63) is 35.9 Å². The number of carbonyl (C=O) groups excluding carboxylic acids is 2. The van der Waals surface area contributed by atoms with Gasteiger partial charge >= 0.3 is 11.9 Å². The van der Waals surface area contributed by atoms with Crippen molar-refractivity contribution in [2.75, 3.05) is 6.61 Å². The molecule has 4 nitrogen and oxygen atoms in total. The summed E-state index contributed by atoms with van der Waals surface area (Å²) in [6, 6.07) is 9.83. The summed E-state index contributed by atoms with van der Waals surface area (Å²) in [5, 5.41) is 0. The molecule has 0 radical (unpaired) electrons. The quantitative estimate of drug-likeness (QED) is 0.800. The smallest absolute Gasteiger partial charge is 0.310 e. The topological polar surface area (TPSA) is 52.6 Å². The van der Waals surface area contributed by atoms with Crippen LogP contribution in [0.15, 0.2) is 30.3 Å². The van der Waals surface area contributed by atoms with Crippen LogP contribution in [0.4, 0.5) is 0 Å². The zero-order valence-electron chi connectivity index (χ0n) is 13.0. The van der Waals surface area contributed by atoms with E-state index in [2.05, 4.69) is 0 Å². The Kier molecular flexibility index (Phi) is 4.35. The summed E-state index contributed by atoms with van der Waals surface area (Å²) in [7, 11) is 0. The van der Waals surface area contributed by atoms with Gasteiger partial charge in [0.1, 0.15) is 5.60 Å². The molecule has 0 N–H and O–H groups in total. The molecular weight excluding hydrogens is 268 g/mol. The van der Waals surface area contributed by atoms with Crippen molar-refractivity contribution in [3.8, 4) is 0 Å². The number of hydrogen-bond acceptors (Lipinski definition) is 4. The average molecular weight is 290 g/mol. The van der Waals surface area contributed by atoms with Crippen molar-refractivity contribution < 1.29 is 19.1 Å². The van der Waals surface area contributed by atoms with Gasteiger partial charge in [-0.2, -0.15) is 0 Å². The summed E-state index contributed by atoms with van der Waals surface area (Å²) in [4.78, 5) is 23.3. The number of rotatable bonds is 4. The Morgan fingerprint density at radius 1 is 1.14 bits per heavy atom. The monoisotopic (exact) mass is 290 g/mol. The largest absolute Gasteiger partial charge is 0.466 e. The number of hydrogen-bond donors (Lipinski definition) is 0. The minimum atomic E-state index is -0.507. The number of benzene rings is 1. The van der Waals surface area contributed by atoms with Gasteiger partial charge in [0.25, 0.3) is 0 Å². The fraction of sp³-hybridized carbons (Fsp3) is 0.529. The van der Waals surface area contributed by atoms with E-state index >= 15 is 0 Å². The lowest BCUT2D eigenvalue weighted by Gasteiger charge is -2.19. The summed E-state index contributed by atoms with van der Waals surface area (Å²) in [5.41, 5.74) is 0.581. The Hall–Kier alpha value is -1.84. The van der Waals surface area contributed by atoms with Crippen molar-refractivity contribution in [2.24, 2.45) is 11.8 Å². The first-order chi connectivity index (χ1) is 9.79. The maximum atomic E-state index is 12.3. The molecule has 0 spiro atoms. The first kappa shape index (κ1) is 15.5. The van der Waals surface area contributed by atoms with Crippen LogP contribution >= 0.6 is 0 Å². The van der Waals surface area contributed by atoms with Gasteiger partial charge in [-0.05, 0) is 26.3 Å². The standard InChI is InChI=1S/C17H22O4/c1-11(18)20-10-13-14(12-8-6-5-7-9-12)15(13)16(19)21-17(2,3)4/h5-9,13-15H,10H2,1-4H3/t13-,14-,15-/m0/s1. The van der Waals surface area contributed by atoms with E-state index in [0.29, 0.717) is 0 Å². The second kappa shape index (κ2) is 5.88. The Balaban J connectivity index is 2.09. The van der Waals surface area contributed by atoms with Gasteiger partial charge in [-0.3, -0.25) is 9.59 Å². The molecule has 1 aromatic carbocycles. The first-order valence-electron chi connectivity index (χ1n) is 7.21. The van der Waals surface area contributed by atoms with E-state index in [1.807, 2.05) is 51.1 Å². The molecule has 0 amide bonds. The Bertz CT molecular complexity index is 515. The fourth-order valence-electron chi connectivity index (χ4n) is 2.62. The van der Waals surface area contributed by atoms with Gasteiger partial charge < -0.3 is 9.47 Å². The van der Waals surface area contributed by atoms with Crippen LogP contribution in [0.5, 0.6) is 0 Å². The van der Waals surface area contributed by atoms with Gasteiger partial charge in [-0.15, -0.1) is 0 Å². The molecule has 0 saturated heterocycles. The molecule has 0 heterocycles. The molecule has 3 atom stereocenters. The highest BCUT2D eigenvalue weighted by atomic mass is 16.6. The van der Waals surface area contributed by atoms with Crippen molar-refractivity contribution in [1.29, 1.82) is 0 Å². The molecule has 4 heteroatoms. The van der Waals surface area contributed by atoms with Crippen molar-refractivity contribution >= 4 is 11.9 Å². The molecule has 114 valence electrons. The average Bonchev–Trinajstić information content (AvgIpc) is 3.09. The minimum absolute atomic E-state index is 0.00569. The summed E-state index contributed by atoms with van der Waals surface area (Å²) < 4.78 is 10.6. The SMILES string of the molecule is CC(=O)OC[C@@H]1[C@H](C(=O)OC(C)(C)C)[C@H]1c1ccccc1. The predicted molar refractivity (Wildman–Crippen MR) is 78.6 cm³/mol. The van der Waals surface area contributed by atoms with Crippen molar-refractivity contribution in [1.82, 2.24) is 0 Å². The van der Waals surface area contributed by atoms with E-state index in [1.54, 1.807) is 0 Å². The number of carbonyl (C=O) groups is 2. The van der Waals surface area contributed by atoms with Crippen LogP contribution in [0.25, 0.3) is 0 Å². The maximum absolute atomic E-state index is 12.3. The maximum Gasteiger partial charge on any atom is 0.310 e.